The summed E-state index contributed by atoms with van der Waals surface area (Å²) in [5, 5.41) is 20.5. The molecule has 0 aliphatic carbocycles. The van der Waals surface area contributed by atoms with E-state index < -0.39 is 18.6 Å². The van der Waals surface area contributed by atoms with Gasteiger partial charge in [0.15, 0.2) is 0 Å². The second kappa shape index (κ2) is 11.4. The third-order valence-electron chi connectivity index (χ3n) is 5.65. The predicted octanol–water partition coefficient (Wildman–Crippen LogP) is 3.79. The molecule has 0 unspecified atom stereocenters. The van der Waals surface area contributed by atoms with Gasteiger partial charge in [0.2, 0.25) is 11.9 Å². The summed E-state index contributed by atoms with van der Waals surface area (Å²) >= 11 is 12.1. The number of nitrogens with one attached hydrogen (secondary N) is 1. The second-order valence-electron chi connectivity index (χ2n) is 8.09. The molecule has 1 heterocycles. The highest BCUT2D eigenvalue weighted by Gasteiger charge is 2.32. The molecule has 7 nitrogen and oxygen atoms in total. The Kier molecular flexibility index (Phi) is 8.02. The van der Waals surface area contributed by atoms with E-state index in [-0.39, 0.29) is 5.92 Å². The lowest BCUT2D eigenvalue weighted by Crippen LogP contribution is -2.51. The average Bonchev–Trinajstić information content (AvgIpc) is 3.31. The van der Waals surface area contributed by atoms with E-state index in [2.05, 4.69) is 22.4 Å². The fourth-order valence-electron chi connectivity index (χ4n) is 3.78. The quantitative estimate of drug-likeness (QED) is 0.333. The van der Waals surface area contributed by atoms with Gasteiger partial charge in [-0.1, -0.05) is 77.8 Å². The maximum atomic E-state index is 11.9. The summed E-state index contributed by atoms with van der Waals surface area (Å²) in [6.45, 7) is 0.319. The van der Waals surface area contributed by atoms with E-state index in [1.165, 1.54) is 0 Å². The molecule has 3 aromatic rings. The van der Waals surface area contributed by atoms with Crippen molar-refractivity contribution in [2.75, 3.05) is 13.2 Å². The largest absolute Gasteiger partial charge is 0.394 e. The molecule has 4 N–H and O–H groups in total. The van der Waals surface area contributed by atoms with Gasteiger partial charge in [-0.3, -0.25) is 4.79 Å². The van der Waals surface area contributed by atoms with Gasteiger partial charge >= 0.3 is 0 Å². The van der Waals surface area contributed by atoms with Crippen LogP contribution in [0.3, 0.4) is 0 Å². The molecular formula is C26H25Cl2N5O2. The summed E-state index contributed by atoms with van der Waals surface area (Å²) < 4.78 is 0. The van der Waals surface area contributed by atoms with Crippen LogP contribution in [0.2, 0.25) is 10.0 Å². The zero-order chi connectivity index (χ0) is 24.8. The molecule has 0 fully saturated rings. The van der Waals surface area contributed by atoms with Crippen LogP contribution in [-0.2, 0) is 11.3 Å². The number of halogens is 2. The zero-order valence-electron chi connectivity index (χ0n) is 18.8. The van der Waals surface area contributed by atoms with Gasteiger partial charge in [-0.25, -0.2) is 10.0 Å². The molecule has 35 heavy (non-hydrogen) atoms. The number of nitrogens with zero attached hydrogens (tertiary/aromatic N) is 3. The van der Waals surface area contributed by atoms with E-state index in [0.717, 1.165) is 22.4 Å². The summed E-state index contributed by atoms with van der Waals surface area (Å²) in [5.74, 6) is -0.406. The van der Waals surface area contributed by atoms with Gasteiger partial charge in [0.1, 0.15) is 6.04 Å². The average molecular weight is 510 g/mol. The summed E-state index contributed by atoms with van der Waals surface area (Å²) in [6, 6.07) is 23.9. The number of amides is 1. The highest BCUT2D eigenvalue weighted by molar-refractivity contribution is 6.31. The minimum Gasteiger partial charge on any atom is -0.394 e. The van der Waals surface area contributed by atoms with Crippen molar-refractivity contribution in [1.82, 2.24) is 10.3 Å². The number of hydrazone groups is 1. The molecule has 180 valence electrons. The summed E-state index contributed by atoms with van der Waals surface area (Å²) in [4.78, 5) is 16.5. The SMILES string of the molecule is NC(=O)[C@H](CO)N/C(=N\Cc1ccc(Cl)cc1)N1C[C@H](c2ccccc2)C(c2ccc(Cl)cc2)=N1. The number of hydrogen-bond acceptors (Lipinski definition) is 4. The minimum atomic E-state index is -1.01. The Labute approximate surface area is 213 Å². The van der Waals surface area contributed by atoms with E-state index in [4.69, 9.17) is 34.0 Å². The van der Waals surface area contributed by atoms with E-state index >= 15 is 0 Å². The number of carbonyl (C=O) groups excluding carboxylic acids is 1. The molecule has 3 aromatic carbocycles. The van der Waals surface area contributed by atoms with Crippen molar-refractivity contribution in [3.8, 4) is 0 Å². The van der Waals surface area contributed by atoms with Crippen molar-refractivity contribution in [3.05, 3.63) is 106 Å². The van der Waals surface area contributed by atoms with E-state index in [1.54, 1.807) is 17.1 Å². The number of aliphatic hydroxyl groups is 1. The van der Waals surface area contributed by atoms with E-state index in [9.17, 15) is 9.90 Å². The Morgan fingerprint density at radius 3 is 2.29 bits per heavy atom. The zero-order valence-corrected chi connectivity index (χ0v) is 20.3. The van der Waals surface area contributed by atoms with Gasteiger partial charge < -0.3 is 16.2 Å². The fraction of sp³-hybridized carbons (Fsp3) is 0.192. The van der Waals surface area contributed by atoms with Crippen LogP contribution in [-0.4, -0.2) is 46.9 Å². The fourth-order valence-corrected chi connectivity index (χ4v) is 4.03. The van der Waals surface area contributed by atoms with Crippen molar-refractivity contribution in [3.63, 3.8) is 0 Å². The molecule has 1 aliphatic rings. The molecule has 0 radical (unpaired) electrons. The second-order valence-corrected chi connectivity index (χ2v) is 8.96. The van der Waals surface area contributed by atoms with Crippen molar-refractivity contribution >= 4 is 40.8 Å². The molecule has 0 spiro atoms. The molecule has 0 bridgehead atoms. The topological polar surface area (TPSA) is 103 Å². The highest BCUT2D eigenvalue weighted by atomic mass is 35.5. The van der Waals surface area contributed by atoms with Crippen molar-refractivity contribution in [1.29, 1.82) is 0 Å². The molecular weight excluding hydrogens is 485 g/mol. The molecule has 0 aromatic heterocycles. The standard InChI is InChI=1S/C26H25Cl2N5O2/c27-20-10-6-17(7-11-20)14-30-26(31-23(16-34)25(29)35)33-15-22(18-4-2-1-3-5-18)24(32-33)19-8-12-21(28)13-9-19/h1-13,22-23,34H,14-16H2,(H2,29,35)(H,30,31)/t22-,23+/m1/s1. The number of aliphatic imine (C=N–C) groups is 1. The Balaban J connectivity index is 1.71. The Morgan fingerprint density at radius 2 is 1.69 bits per heavy atom. The summed E-state index contributed by atoms with van der Waals surface area (Å²) in [6.07, 6.45) is 0. The van der Waals surface area contributed by atoms with Gasteiger partial charge in [0.25, 0.3) is 0 Å². The molecule has 0 saturated carbocycles. The monoisotopic (exact) mass is 509 g/mol. The van der Waals surface area contributed by atoms with E-state index in [1.807, 2.05) is 54.6 Å². The van der Waals surface area contributed by atoms with Crippen LogP contribution in [0.1, 0.15) is 22.6 Å². The van der Waals surface area contributed by atoms with Crippen LogP contribution >= 0.6 is 23.2 Å². The third kappa shape index (κ3) is 6.19. The maximum absolute atomic E-state index is 11.9. The first-order chi connectivity index (χ1) is 16.9. The number of rotatable bonds is 7. The predicted molar refractivity (Wildman–Crippen MR) is 140 cm³/mol. The van der Waals surface area contributed by atoms with Crippen LogP contribution in [0.5, 0.6) is 0 Å². The lowest BCUT2D eigenvalue weighted by atomic mass is 9.91. The lowest BCUT2D eigenvalue weighted by Gasteiger charge is -2.23. The number of aliphatic hydroxyl groups excluding tert-OH is 1. The van der Waals surface area contributed by atoms with Gasteiger partial charge in [-0.15, -0.1) is 0 Å². The van der Waals surface area contributed by atoms with Crippen LogP contribution in [0, 0.1) is 0 Å². The summed E-state index contributed by atoms with van der Waals surface area (Å²) in [5.41, 5.74) is 9.26. The van der Waals surface area contributed by atoms with Crippen molar-refractivity contribution in [2.45, 2.75) is 18.5 Å². The molecule has 4 rings (SSSR count). The van der Waals surface area contributed by atoms with Crippen LogP contribution in [0.15, 0.2) is 89.0 Å². The maximum Gasteiger partial charge on any atom is 0.242 e. The molecule has 1 amide bonds. The lowest BCUT2D eigenvalue weighted by molar-refractivity contribution is -0.120. The Bertz CT molecular complexity index is 1210. The van der Waals surface area contributed by atoms with Crippen LogP contribution in [0.25, 0.3) is 0 Å². The number of benzene rings is 3. The summed E-state index contributed by atoms with van der Waals surface area (Å²) in [7, 11) is 0. The molecule has 9 heteroatoms. The van der Waals surface area contributed by atoms with Gasteiger partial charge in [-0.05, 0) is 41.0 Å². The minimum absolute atomic E-state index is 0.0546. The van der Waals surface area contributed by atoms with Crippen molar-refractivity contribution in [2.24, 2.45) is 15.8 Å². The van der Waals surface area contributed by atoms with Gasteiger partial charge in [-0.2, -0.15) is 5.10 Å². The normalized spacial score (nSPS) is 16.7. The number of carbonyl (C=O) groups is 1. The molecule has 2 atom stereocenters. The first-order valence-electron chi connectivity index (χ1n) is 11.1. The van der Waals surface area contributed by atoms with Gasteiger partial charge in [0, 0.05) is 16.0 Å². The third-order valence-corrected chi connectivity index (χ3v) is 6.16. The molecule has 0 saturated heterocycles. The number of hydrogen-bond donors (Lipinski definition) is 3. The first kappa shape index (κ1) is 24.7. The number of guanidine groups is 1. The number of primary amides is 1. The highest BCUT2D eigenvalue weighted by Crippen LogP contribution is 2.29. The Morgan fingerprint density at radius 1 is 1.06 bits per heavy atom. The first-order valence-corrected chi connectivity index (χ1v) is 11.8. The molecule has 1 aliphatic heterocycles. The smallest absolute Gasteiger partial charge is 0.242 e. The van der Waals surface area contributed by atoms with E-state index in [0.29, 0.717) is 29.1 Å². The Hall–Kier alpha value is -3.39. The number of nitrogens with two attached hydrogens (primary N) is 1. The van der Waals surface area contributed by atoms with Crippen LogP contribution < -0.4 is 11.1 Å². The van der Waals surface area contributed by atoms with Gasteiger partial charge in [0.05, 0.1) is 25.4 Å². The van der Waals surface area contributed by atoms with Crippen molar-refractivity contribution < 1.29 is 9.90 Å². The van der Waals surface area contributed by atoms with Crippen LogP contribution in [0.4, 0.5) is 0 Å².